The molecule has 0 spiro atoms. The Bertz CT molecular complexity index is 1070. The van der Waals surface area contributed by atoms with E-state index in [2.05, 4.69) is 33.8 Å². The first-order valence-electron chi connectivity index (χ1n) is 12.5. The van der Waals surface area contributed by atoms with Crippen LogP contribution in [0.15, 0.2) is 18.2 Å². The second kappa shape index (κ2) is 15.2. The van der Waals surface area contributed by atoms with Gasteiger partial charge in [0.05, 0.1) is 13.3 Å². The lowest BCUT2D eigenvalue weighted by molar-refractivity contribution is 0.0953. The summed E-state index contributed by atoms with van der Waals surface area (Å²) in [5.74, 6) is 2.25. The second-order valence-electron chi connectivity index (χ2n) is 8.96. The lowest BCUT2D eigenvalue weighted by Crippen LogP contribution is -2.25. The molecule has 206 valence electrons. The van der Waals surface area contributed by atoms with Gasteiger partial charge in [0, 0.05) is 35.8 Å². The number of unbranched alkanes of at least 4 members (excludes halogenated alkanes) is 1. The van der Waals surface area contributed by atoms with Crippen LogP contribution in [0.25, 0.3) is 0 Å². The number of amides is 1. The van der Waals surface area contributed by atoms with E-state index in [9.17, 15) is 9.36 Å². The van der Waals surface area contributed by atoms with Gasteiger partial charge in [-0.15, -0.1) is 0 Å². The Labute approximate surface area is 223 Å². The number of ether oxygens (including phenoxy) is 1. The summed E-state index contributed by atoms with van der Waals surface area (Å²) in [6, 6.07) is 5.42. The van der Waals surface area contributed by atoms with Crippen molar-refractivity contribution in [2.75, 3.05) is 42.9 Å². The summed E-state index contributed by atoms with van der Waals surface area (Å²) in [4.78, 5) is 39.6. The Hall–Kier alpha value is -2.33. The van der Waals surface area contributed by atoms with E-state index in [1.54, 1.807) is 25.3 Å². The Morgan fingerprint density at radius 2 is 2.00 bits per heavy atom. The highest BCUT2D eigenvalue weighted by Crippen LogP contribution is 2.34. The molecule has 1 amide bonds. The first-order chi connectivity index (χ1) is 17.6. The summed E-state index contributed by atoms with van der Waals surface area (Å²) in [5.41, 5.74) is 8.87. The fraction of sp³-hybridized carbons (Fsp3) is 0.560. The van der Waals surface area contributed by atoms with Gasteiger partial charge < -0.3 is 30.9 Å². The highest BCUT2D eigenvalue weighted by molar-refractivity contribution is 7.98. The van der Waals surface area contributed by atoms with Gasteiger partial charge >= 0.3 is 7.60 Å². The summed E-state index contributed by atoms with van der Waals surface area (Å²) in [6.07, 6.45) is 6.70. The predicted molar refractivity (Wildman–Crippen MR) is 151 cm³/mol. The fourth-order valence-corrected chi connectivity index (χ4v) is 5.07. The lowest BCUT2D eigenvalue weighted by Gasteiger charge is -2.22. The van der Waals surface area contributed by atoms with Gasteiger partial charge in [-0.3, -0.25) is 9.36 Å². The molecule has 1 aromatic heterocycles. The van der Waals surface area contributed by atoms with E-state index >= 15 is 0 Å². The number of carbonyl (C=O) groups is 1. The highest BCUT2D eigenvalue weighted by atomic mass is 32.2. The number of nitrogen functional groups attached to an aromatic ring is 1. The van der Waals surface area contributed by atoms with Crippen molar-refractivity contribution in [2.45, 2.75) is 58.4 Å². The molecular formula is C25H40N5O5PS. The molecule has 12 heteroatoms. The number of nitrogens with one attached hydrogen (secondary N) is 2. The summed E-state index contributed by atoms with van der Waals surface area (Å²) in [6.45, 7) is 4.24. The number of nitrogens with two attached hydrogens (primary N) is 1. The minimum atomic E-state index is -4.09. The van der Waals surface area contributed by atoms with E-state index in [1.807, 2.05) is 18.7 Å². The van der Waals surface area contributed by atoms with Gasteiger partial charge in [-0.25, -0.2) is 4.98 Å². The van der Waals surface area contributed by atoms with Gasteiger partial charge in [0.2, 0.25) is 5.95 Å². The van der Waals surface area contributed by atoms with Crippen molar-refractivity contribution in [1.82, 2.24) is 15.3 Å². The van der Waals surface area contributed by atoms with Gasteiger partial charge in [-0.05, 0) is 62.0 Å². The summed E-state index contributed by atoms with van der Waals surface area (Å²) < 4.78 is 16.6. The summed E-state index contributed by atoms with van der Waals surface area (Å²) >= 11 is 1.81. The van der Waals surface area contributed by atoms with Crippen molar-refractivity contribution in [3.63, 3.8) is 0 Å². The molecule has 2 rings (SSSR count). The van der Waals surface area contributed by atoms with Gasteiger partial charge in [0.15, 0.2) is 0 Å². The number of thioether (sulfide) groups is 1. The van der Waals surface area contributed by atoms with Crippen molar-refractivity contribution in [2.24, 2.45) is 0 Å². The molecule has 0 aliphatic rings. The Morgan fingerprint density at radius 1 is 1.24 bits per heavy atom. The molecule has 1 heterocycles. The van der Waals surface area contributed by atoms with Crippen LogP contribution in [-0.2, 0) is 11.0 Å². The molecule has 1 aromatic carbocycles. The number of hydrogen-bond acceptors (Lipinski definition) is 8. The summed E-state index contributed by atoms with van der Waals surface area (Å²) in [7, 11) is -2.51. The topological polar surface area (TPSA) is 160 Å². The molecule has 0 radical (unpaired) electrons. The van der Waals surface area contributed by atoms with Crippen molar-refractivity contribution in [3.05, 3.63) is 40.6 Å². The van der Waals surface area contributed by atoms with Crippen LogP contribution >= 0.6 is 19.4 Å². The first-order valence-corrected chi connectivity index (χ1v) is 15.6. The van der Waals surface area contributed by atoms with Gasteiger partial charge in [-0.2, -0.15) is 16.7 Å². The zero-order chi connectivity index (χ0) is 27.4. The van der Waals surface area contributed by atoms with E-state index < -0.39 is 7.60 Å². The maximum atomic E-state index is 12.7. The van der Waals surface area contributed by atoms with E-state index in [0.717, 1.165) is 48.3 Å². The van der Waals surface area contributed by atoms with Gasteiger partial charge in [0.25, 0.3) is 5.91 Å². The molecule has 37 heavy (non-hydrogen) atoms. The zero-order valence-electron chi connectivity index (χ0n) is 22.1. The Morgan fingerprint density at radius 3 is 2.65 bits per heavy atom. The van der Waals surface area contributed by atoms with Gasteiger partial charge in [-0.1, -0.05) is 19.8 Å². The maximum absolute atomic E-state index is 12.7. The number of carbonyl (C=O) groups excluding carboxylic acids is 1. The van der Waals surface area contributed by atoms with Crippen LogP contribution in [0.3, 0.4) is 0 Å². The second-order valence-corrected chi connectivity index (χ2v) is 11.7. The van der Waals surface area contributed by atoms with Crippen LogP contribution in [-0.4, -0.2) is 63.5 Å². The number of hydrogen-bond donors (Lipinski definition) is 5. The largest absolute Gasteiger partial charge is 0.496 e. The first kappa shape index (κ1) is 30.9. The third kappa shape index (κ3) is 10.5. The van der Waals surface area contributed by atoms with Crippen molar-refractivity contribution in [3.8, 4) is 5.75 Å². The molecule has 0 bridgehead atoms. The number of methoxy groups -OCH3 is 1. The van der Waals surface area contributed by atoms with Crippen LogP contribution in [0.5, 0.6) is 5.75 Å². The standard InChI is InChI=1S/C25H40N5O5PS/c1-5-6-8-20(11-14-37-4)29-23-21(17(2)28-25(26)30-23)16-19-15-18(9-10-22(19)35-3)24(31)27-12-7-13-36(32,33)34/h9-10,15,20H,5-8,11-14,16H2,1-4H3,(H,27,31)(H2,32,33,34)(H3,26,28,29,30). The normalized spacial score (nSPS) is 12.3. The van der Waals surface area contributed by atoms with Gasteiger partial charge in [0.1, 0.15) is 11.6 Å². The monoisotopic (exact) mass is 553 g/mol. The fourth-order valence-electron chi connectivity index (χ4n) is 3.98. The van der Waals surface area contributed by atoms with Crippen LogP contribution in [0, 0.1) is 6.92 Å². The molecule has 10 nitrogen and oxygen atoms in total. The molecule has 1 atom stereocenters. The smallest absolute Gasteiger partial charge is 0.325 e. The van der Waals surface area contributed by atoms with Crippen LogP contribution in [0.2, 0.25) is 0 Å². The van der Waals surface area contributed by atoms with Crippen LogP contribution in [0.1, 0.15) is 66.2 Å². The zero-order valence-corrected chi connectivity index (χ0v) is 23.8. The molecule has 0 aliphatic carbocycles. The molecule has 6 N–H and O–H groups in total. The number of aryl methyl sites for hydroxylation is 1. The van der Waals surface area contributed by atoms with E-state index in [1.165, 1.54) is 0 Å². The summed E-state index contributed by atoms with van der Waals surface area (Å²) in [5, 5.41) is 6.33. The minimum Gasteiger partial charge on any atom is -0.496 e. The number of aromatic nitrogens is 2. The maximum Gasteiger partial charge on any atom is 0.325 e. The third-order valence-corrected chi connectivity index (χ3v) is 7.51. The molecule has 2 aromatic rings. The van der Waals surface area contributed by atoms with E-state index in [4.69, 9.17) is 20.3 Å². The van der Waals surface area contributed by atoms with Crippen LogP contribution < -0.4 is 21.1 Å². The Balaban J connectivity index is 2.29. The van der Waals surface area contributed by atoms with Crippen LogP contribution in [0.4, 0.5) is 11.8 Å². The molecular weight excluding hydrogens is 513 g/mol. The molecule has 1 unspecified atom stereocenters. The molecule has 0 saturated carbocycles. The third-order valence-electron chi connectivity index (χ3n) is 5.97. The Kier molecular flexibility index (Phi) is 12.7. The quantitative estimate of drug-likeness (QED) is 0.152. The SMILES string of the molecule is CCCCC(CCSC)Nc1nc(N)nc(C)c1Cc1cc(C(=O)NCCCP(=O)(O)O)ccc1OC. The molecule has 0 aliphatic heterocycles. The number of anilines is 2. The average molecular weight is 554 g/mol. The number of nitrogens with zero attached hydrogens (tertiary/aromatic N) is 2. The lowest BCUT2D eigenvalue weighted by atomic mass is 9.99. The average Bonchev–Trinajstić information content (AvgIpc) is 2.84. The minimum absolute atomic E-state index is 0.166. The van der Waals surface area contributed by atoms with E-state index in [-0.39, 0.29) is 37.0 Å². The molecule has 0 fully saturated rings. The van der Waals surface area contributed by atoms with Crippen molar-refractivity contribution >= 4 is 37.0 Å². The predicted octanol–water partition coefficient (Wildman–Crippen LogP) is 3.99. The van der Waals surface area contributed by atoms with E-state index in [0.29, 0.717) is 23.6 Å². The highest BCUT2D eigenvalue weighted by Gasteiger charge is 2.19. The van der Waals surface area contributed by atoms with Crippen molar-refractivity contribution < 1.29 is 23.9 Å². The number of rotatable bonds is 16. The molecule has 0 saturated heterocycles. The number of benzene rings is 1. The van der Waals surface area contributed by atoms with Crippen molar-refractivity contribution in [1.29, 1.82) is 0 Å².